The van der Waals surface area contributed by atoms with E-state index < -0.39 is 0 Å². The molecule has 2 aliphatic heterocycles. The minimum Gasteiger partial charge on any atom is -0.361 e. The first-order valence-corrected chi connectivity index (χ1v) is 6.54. The molecule has 0 unspecified atom stereocenters. The first kappa shape index (κ1) is 11.6. The van der Waals surface area contributed by atoms with Gasteiger partial charge in [0.05, 0.1) is 11.4 Å². The molecule has 5 nitrogen and oxygen atoms in total. The third-order valence-electron chi connectivity index (χ3n) is 3.43. The predicted octanol–water partition coefficient (Wildman–Crippen LogP) is 0.915. The Balaban J connectivity index is 1.98. The van der Waals surface area contributed by atoms with Gasteiger partial charge in [0.25, 0.3) is 0 Å². The Bertz CT molecular complexity index is 477. The Morgan fingerprint density at radius 3 is 2.83 bits per heavy atom. The molecule has 0 radical (unpaired) electrons. The summed E-state index contributed by atoms with van der Waals surface area (Å²) in [5, 5.41) is 9.36. The Morgan fingerprint density at radius 1 is 1.28 bits per heavy atom. The minimum atomic E-state index is 0.0866. The Hall–Kier alpha value is -1.53. The molecule has 1 aromatic carbocycles. The average Bonchev–Trinajstić information content (AvgIpc) is 2.38. The molecular weight excluding hydrogens is 246 g/mol. The smallest absolute Gasteiger partial charge is 0.184 e. The SMILES string of the molecule is CCN1c2ccccc2N[C@@H]2NC(=S)N(C)N[C@@H]21. The molecule has 0 aromatic heterocycles. The van der Waals surface area contributed by atoms with E-state index in [1.54, 1.807) is 0 Å². The van der Waals surface area contributed by atoms with Crippen molar-refractivity contribution in [2.24, 2.45) is 0 Å². The van der Waals surface area contributed by atoms with Gasteiger partial charge in [0, 0.05) is 13.6 Å². The van der Waals surface area contributed by atoms with Gasteiger partial charge < -0.3 is 15.5 Å². The van der Waals surface area contributed by atoms with Gasteiger partial charge in [0.2, 0.25) is 0 Å². The maximum atomic E-state index is 5.26. The Kier molecular flexibility index (Phi) is 2.76. The summed E-state index contributed by atoms with van der Waals surface area (Å²) in [5.74, 6) is 0. The van der Waals surface area contributed by atoms with Crippen molar-refractivity contribution in [1.82, 2.24) is 15.8 Å². The largest absolute Gasteiger partial charge is 0.361 e. The monoisotopic (exact) mass is 263 g/mol. The molecule has 3 N–H and O–H groups in total. The van der Waals surface area contributed by atoms with E-state index in [9.17, 15) is 0 Å². The molecule has 0 amide bonds. The standard InChI is InChI=1S/C12H17N5S/c1-3-17-9-7-5-4-6-8(9)13-10-11(17)15-16(2)12(18)14-10/h4-7,10-11,13,15H,3H2,1-2H3,(H,14,18)/t10-,11-/m1/s1. The molecule has 0 aliphatic carbocycles. The molecule has 2 aliphatic rings. The van der Waals surface area contributed by atoms with Gasteiger partial charge in [-0.15, -0.1) is 0 Å². The summed E-state index contributed by atoms with van der Waals surface area (Å²) in [5.41, 5.74) is 5.76. The lowest BCUT2D eigenvalue weighted by atomic mass is 10.1. The number of nitrogens with one attached hydrogen (secondary N) is 3. The zero-order valence-electron chi connectivity index (χ0n) is 10.5. The number of hydrogen-bond donors (Lipinski definition) is 3. The van der Waals surface area contributed by atoms with Gasteiger partial charge in [-0.2, -0.15) is 0 Å². The van der Waals surface area contributed by atoms with Crippen LogP contribution < -0.4 is 21.0 Å². The van der Waals surface area contributed by atoms with E-state index in [-0.39, 0.29) is 12.3 Å². The zero-order valence-corrected chi connectivity index (χ0v) is 11.3. The summed E-state index contributed by atoms with van der Waals surface area (Å²) >= 11 is 5.26. The van der Waals surface area contributed by atoms with Crippen LogP contribution in [0.5, 0.6) is 0 Å². The van der Waals surface area contributed by atoms with Crippen LogP contribution in [0.2, 0.25) is 0 Å². The molecule has 6 heteroatoms. The van der Waals surface area contributed by atoms with Crippen LogP contribution in [0.1, 0.15) is 6.92 Å². The van der Waals surface area contributed by atoms with Crippen LogP contribution >= 0.6 is 12.2 Å². The van der Waals surface area contributed by atoms with Crippen molar-refractivity contribution < 1.29 is 0 Å². The topological polar surface area (TPSA) is 42.6 Å². The van der Waals surface area contributed by atoms with Crippen LogP contribution in [0.3, 0.4) is 0 Å². The quantitative estimate of drug-likeness (QED) is 0.655. The number of anilines is 2. The highest BCUT2D eigenvalue weighted by molar-refractivity contribution is 7.80. The highest BCUT2D eigenvalue weighted by Crippen LogP contribution is 2.32. The molecule has 0 bridgehead atoms. The van der Waals surface area contributed by atoms with Crippen molar-refractivity contribution in [3.8, 4) is 0 Å². The van der Waals surface area contributed by atoms with E-state index in [2.05, 4.69) is 46.1 Å². The van der Waals surface area contributed by atoms with Crippen LogP contribution in [0, 0.1) is 0 Å². The molecular formula is C12H17N5S. The molecule has 0 spiro atoms. The number of nitrogens with zero attached hydrogens (tertiary/aromatic N) is 2. The Morgan fingerprint density at radius 2 is 2.06 bits per heavy atom. The lowest BCUT2D eigenvalue weighted by Gasteiger charge is -2.49. The highest BCUT2D eigenvalue weighted by Gasteiger charge is 2.37. The van der Waals surface area contributed by atoms with Crippen LogP contribution in [0.25, 0.3) is 0 Å². The predicted molar refractivity (Wildman–Crippen MR) is 77.3 cm³/mol. The van der Waals surface area contributed by atoms with Gasteiger partial charge in [-0.3, -0.25) is 5.01 Å². The number of thiocarbonyl (C=S) groups is 1. The summed E-state index contributed by atoms with van der Waals surface area (Å²) in [6.45, 7) is 3.10. The fourth-order valence-corrected chi connectivity index (χ4v) is 2.72. The van der Waals surface area contributed by atoms with Crippen molar-refractivity contribution in [3.05, 3.63) is 24.3 Å². The fourth-order valence-electron chi connectivity index (χ4n) is 2.54. The van der Waals surface area contributed by atoms with Crippen LogP contribution in [-0.2, 0) is 0 Å². The van der Waals surface area contributed by atoms with E-state index in [1.165, 1.54) is 5.69 Å². The highest BCUT2D eigenvalue weighted by atomic mass is 32.1. The second kappa shape index (κ2) is 4.29. The summed E-state index contributed by atoms with van der Waals surface area (Å²) in [7, 11) is 1.93. The molecule has 1 saturated heterocycles. The summed E-state index contributed by atoms with van der Waals surface area (Å²) < 4.78 is 0. The van der Waals surface area contributed by atoms with Gasteiger partial charge in [-0.25, -0.2) is 5.43 Å². The summed E-state index contributed by atoms with van der Waals surface area (Å²) in [4.78, 5) is 2.34. The van der Waals surface area contributed by atoms with E-state index in [0.717, 1.165) is 12.2 Å². The summed E-state index contributed by atoms with van der Waals surface area (Å²) in [6, 6.07) is 8.34. The van der Waals surface area contributed by atoms with E-state index in [1.807, 2.05) is 18.1 Å². The van der Waals surface area contributed by atoms with Crippen molar-refractivity contribution in [3.63, 3.8) is 0 Å². The maximum absolute atomic E-state index is 5.26. The molecule has 1 aromatic rings. The van der Waals surface area contributed by atoms with Gasteiger partial charge in [-0.05, 0) is 31.3 Å². The number of likely N-dealkylation sites (N-methyl/N-ethyl adjacent to an activating group) is 1. The molecule has 18 heavy (non-hydrogen) atoms. The molecule has 1 fully saturated rings. The number of benzene rings is 1. The van der Waals surface area contributed by atoms with Crippen molar-refractivity contribution >= 4 is 28.7 Å². The van der Waals surface area contributed by atoms with E-state index in [0.29, 0.717) is 5.11 Å². The first-order valence-electron chi connectivity index (χ1n) is 6.13. The molecule has 3 rings (SSSR count). The molecule has 2 heterocycles. The first-order chi connectivity index (χ1) is 8.70. The molecule has 2 atom stereocenters. The third kappa shape index (κ3) is 1.69. The molecule has 96 valence electrons. The number of hydrazine groups is 1. The van der Waals surface area contributed by atoms with Gasteiger partial charge >= 0.3 is 0 Å². The maximum Gasteiger partial charge on any atom is 0.184 e. The van der Waals surface area contributed by atoms with Crippen LogP contribution in [0.4, 0.5) is 11.4 Å². The van der Waals surface area contributed by atoms with E-state index >= 15 is 0 Å². The van der Waals surface area contributed by atoms with Crippen molar-refractivity contribution in [2.45, 2.75) is 19.3 Å². The number of hydrogen-bond acceptors (Lipinski definition) is 4. The molecule has 0 saturated carbocycles. The lowest BCUT2D eigenvalue weighted by Crippen LogP contribution is -2.73. The van der Waals surface area contributed by atoms with Crippen molar-refractivity contribution in [2.75, 3.05) is 23.8 Å². The number of fused-ring (bicyclic) bond motifs is 2. The van der Waals surface area contributed by atoms with Crippen LogP contribution in [0.15, 0.2) is 24.3 Å². The van der Waals surface area contributed by atoms with Gasteiger partial charge in [0.1, 0.15) is 12.3 Å². The second-order valence-corrected chi connectivity index (χ2v) is 4.89. The van der Waals surface area contributed by atoms with Crippen LogP contribution in [-0.4, -0.2) is 36.0 Å². The minimum absolute atomic E-state index is 0.0866. The number of para-hydroxylation sites is 2. The average molecular weight is 263 g/mol. The van der Waals surface area contributed by atoms with Gasteiger partial charge in [-0.1, -0.05) is 12.1 Å². The lowest BCUT2D eigenvalue weighted by molar-refractivity contribution is 0.226. The normalized spacial score (nSPS) is 26.0. The Labute approximate surface area is 112 Å². The van der Waals surface area contributed by atoms with Gasteiger partial charge in [0.15, 0.2) is 5.11 Å². The second-order valence-electron chi connectivity index (χ2n) is 4.51. The zero-order chi connectivity index (χ0) is 12.7. The van der Waals surface area contributed by atoms with E-state index in [4.69, 9.17) is 12.2 Å². The van der Waals surface area contributed by atoms with Crippen molar-refractivity contribution in [1.29, 1.82) is 0 Å². The summed E-state index contributed by atoms with van der Waals surface area (Å²) in [6.07, 6.45) is 0.241. The third-order valence-corrected chi connectivity index (χ3v) is 3.82. The fraction of sp³-hybridized carbons (Fsp3) is 0.417. The number of rotatable bonds is 1.